The van der Waals surface area contributed by atoms with Crippen molar-refractivity contribution in [2.75, 3.05) is 53.0 Å². The van der Waals surface area contributed by atoms with Crippen molar-refractivity contribution in [3.63, 3.8) is 0 Å². The predicted molar refractivity (Wildman–Crippen MR) is 120 cm³/mol. The second-order valence-electron chi connectivity index (χ2n) is 8.79. The van der Waals surface area contributed by atoms with Crippen LogP contribution < -0.4 is 10.6 Å². The lowest BCUT2D eigenvalue weighted by atomic mass is 10.1. The van der Waals surface area contributed by atoms with E-state index in [9.17, 15) is 4.79 Å². The Bertz CT molecular complexity index is 733. The Morgan fingerprint density at radius 2 is 2.03 bits per heavy atom. The first-order valence-electron chi connectivity index (χ1n) is 10.6. The summed E-state index contributed by atoms with van der Waals surface area (Å²) in [7, 11) is 1.78. The molecule has 9 heteroatoms. The van der Waals surface area contributed by atoms with Crippen molar-refractivity contribution in [1.82, 2.24) is 20.4 Å². The van der Waals surface area contributed by atoms with Gasteiger partial charge >= 0.3 is 6.09 Å². The van der Waals surface area contributed by atoms with Crippen LogP contribution in [0.15, 0.2) is 17.1 Å². The molecule has 0 aliphatic carbocycles. The number of hydrogen-bond donors (Lipinski definition) is 2. The van der Waals surface area contributed by atoms with E-state index in [4.69, 9.17) is 9.47 Å². The first-order valence-corrected chi connectivity index (χ1v) is 11.4. The summed E-state index contributed by atoms with van der Waals surface area (Å²) in [6, 6.07) is 4.86. The zero-order valence-corrected chi connectivity index (χ0v) is 19.6. The van der Waals surface area contributed by atoms with E-state index in [-0.39, 0.29) is 18.2 Å². The second kappa shape index (κ2) is 9.98. The number of thiophene rings is 1. The third-order valence-electron chi connectivity index (χ3n) is 5.14. The third-order valence-corrected chi connectivity index (χ3v) is 6.24. The van der Waals surface area contributed by atoms with E-state index in [2.05, 4.69) is 39.6 Å². The molecule has 0 bridgehead atoms. The number of carbonyl (C=O) groups is 1. The molecule has 168 valence electrons. The van der Waals surface area contributed by atoms with E-state index < -0.39 is 5.60 Å². The topological polar surface area (TPSA) is 78.4 Å². The maximum absolute atomic E-state index is 12.1. The molecule has 8 nitrogen and oxygen atoms in total. The highest BCUT2D eigenvalue weighted by atomic mass is 32.1. The fourth-order valence-corrected chi connectivity index (χ4v) is 4.57. The summed E-state index contributed by atoms with van der Waals surface area (Å²) < 4.78 is 11.0. The molecule has 2 N–H and O–H groups in total. The number of amides is 1. The van der Waals surface area contributed by atoms with Crippen molar-refractivity contribution in [2.24, 2.45) is 4.99 Å². The van der Waals surface area contributed by atoms with Gasteiger partial charge in [-0.25, -0.2) is 4.79 Å². The number of carbonyl (C=O) groups excluding carboxylic acids is 1. The highest BCUT2D eigenvalue weighted by Crippen LogP contribution is 2.28. The minimum Gasteiger partial charge on any atom is -0.444 e. The molecular weight excluding hydrogens is 402 g/mol. The van der Waals surface area contributed by atoms with Crippen molar-refractivity contribution in [1.29, 1.82) is 0 Å². The van der Waals surface area contributed by atoms with E-state index in [0.717, 1.165) is 38.8 Å². The monoisotopic (exact) mass is 437 g/mol. The lowest BCUT2D eigenvalue weighted by Gasteiger charge is -2.40. The Hall–Kier alpha value is -1.84. The van der Waals surface area contributed by atoms with Gasteiger partial charge in [-0.1, -0.05) is 0 Å². The number of nitrogens with one attached hydrogen (secondary N) is 2. The summed E-state index contributed by atoms with van der Waals surface area (Å²) in [6.07, 6.45) is -0.260. The van der Waals surface area contributed by atoms with Crippen LogP contribution in [0.4, 0.5) is 4.79 Å². The fraction of sp³-hybridized carbons (Fsp3) is 0.714. The maximum atomic E-state index is 12.1. The van der Waals surface area contributed by atoms with Crippen molar-refractivity contribution in [2.45, 2.75) is 45.4 Å². The number of aryl methyl sites for hydroxylation is 1. The van der Waals surface area contributed by atoms with Crippen LogP contribution in [0, 0.1) is 6.92 Å². The number of nitrogens with zero attached hydrogens (tertiary/aromatic N) is 3. The van der Waals surface area contributed by atoms with E-state index in [1.54, 1.807) is 11.9 Å². The molecule has 1 aromatic rings. The Kier molecular flexibility index (Phi) is 7.60. The Morgan fingerprint density at radius 1 is 1.33 bits per heavy atom. The lowest BCUT2D eigenvalue weighted by molar-refractivity contribution is 0.00688. The maximum Gasteiger partial charge on any atom is 0.410 e. The van der Waals surface area contributed by atoms with Crippen LogP contribution >= 0.6 is 11.3 Å². The van der Waals surface area contributed by atoms with Crippen LogP contribution in [0.2, 0.25) is 0 Å². The molecule has 1 unspecified atom stereocenters. The molecule has 1 atom stereocenters. The quantitative estimate of drug-likeness (QED) is 0.543. The zero-order valence-electron chi connectivity index (χ0n) is 18.7. The van der Waals surface area contributed by atoms with Gasteiger partial charge < -0.3 is 25.0 Å². The van der Waals surface area contributed by atoms with Gasteiger partial charge in [0.1, 0.15) is 5.60 Å². The highest BCUT2D eigenvalue weighted by molar-refractivity contribution is 7.12. The fourth-order valence-electron chi connectivity index (χ4n) is 3.56. The molecule has 1 amide bonds. The van der Waals surface area contributed by atoms with Crippen LogP contribution in [0.5, 0.6) is 0 Å². The van der Waals surface area contributed by atoms with E-state index in [1.807, 2.05) is 32.1 Å². The van der Waals surface area contributed by atoms with Crippen LogP contribution in [0.1, 0.15) is 36.6 Å². The van der Waals surface area contributed by atoms with Crippen LogP contribution in [0.3, 0.4) is 0 Å². The Morgan fingerprint density at radius 3 is 2.60 bits per heavy atom. The number of guanidine groups is 1. The number of ether oxygens (including phenoxy) is 2. The van der Waals surface area contributed by atoms with Crippen molar-refractivity contribution >= 4 is 23.4 Å². The summed E-state index contributed by atoms with van der Waals surface area (Å²) >= 11 is 1.85. The van der Waals surface area contributed by atoms with E-state index in [0.29, 0.717) is 13.1 Å². The standard InChI is InChI=1S/C21H35N5O3S/c1-15-6-7-18(30-15)17(25-8-10-28-11-9-25)12-23-19(22-5)24-16-13-26(14-16)20(27)29-21(2,3)4/h6-7,16-17H,8-14H2,1-5H3,(H2,22,23,24). The number of morpholine rings is 1. The summed E-state index contributed by atoms with van der Waals surface area (Å²) in [5, 5.41) is 6.90. The molecule has 3 heterocycles. The smallest absolute Gasteiger partial charge is 0.410 e. The van der Waals surface area contributed by atoms with Crippen LogP contribution in [-0.2, 0) is 9.47 Å². The Labute approximate surface area is 183 Å². The van der Waals surface area contributed by atoms with Gasteiger partial charge in [0.05, 0.1) is 25.3 Å². The molecular formula is C21H35N5O3S. The summed E-state index contributed by atoms with van der Waals surface area (Å²) in [6.45, 7) is 13.2. The lowest BCUT2D eigenvalue weighted by Crippen LogP contribution is -2.63. The molecule has 2 aliphatic heterocycles. The molecule has 2 saturated heterocycles. The average Bonchev–Trinajstić information content (AvgIpc) is 3.08. The molecule has 3 rings (SSSR count). The predicted octanol–water partition coefficient (Wildman–Crippen LogP) is 2.21. The van der Waals surface area contributed by atoms with Gasteiger partial charge in [0, 0.05) is 49.5 Å². The van der Waals surface area contributed by atoms with Gasteiger partial charge in [0.25, 0.3) is 0 Å². The van der Waals surface area contributed by atoms with Gasteiger partial charge in [0.15, 0.2) is 5.96 Å². The molecule has 0 radical (unpaired) electrons. The molecule has 0 saturated carbocycles. The Balaban J connectivity index is 1.50. The first-order chi connectivity index (χ1) is 14.2. The van der Waals surface area contributed by atoms with E-state index >= 15 is 0 Å². The third kappa shape index (κ3) is 6.33. The highest BCUT2D eigenvalue weighted by Gasteiger charge is 2.34. The minimum absolute atomic E-state index is 0.175. The average molecular weight is 438 g/mol. The number of likely N-dealkylation sites (tertiary alicyclic amines) is 1. The molecule has 2 aliphatic rings. The number of aliphatic imine (C=N–C) groups is 1. The normalized spacial score (nSPS) is 19.9. The van der Waals surface area contributed by atoms with Gasteiger partial charge in [-0.3, -0.25) is 9.89 Å². The zero-order chi connectivity index (χ0) is 21.7. The molecule has 1 aromatic heterocycles. The van der Waals surface area contributed by atoms with Gasteiger partial charge in [-0.15, -0.1) is 11.3 Å². The van der Waals surface area contributed by atoms with Crippen molar-refractivity contribution < 1.29 is 14.3 Å². The van der Waals surface area contributed by atoms with Crippen LogP contribution in [-0.4, -0.2) is 86.5 Å². The van der Waals surface area contributed by atoms with Crippen LogP contribution in [0.25, 0.3) is 0 Å². The minimum atomic E-state index is -0.470. The van der Waals surface area contributed by atoms with Crippen molar-refractivity contribution in [3.05, 3.63) is 21.9 Å². The second-order valence-corrected chi connectivity index (χ2v) is 10.1. The summed E-state index contributed by atoms with van der Waals surface area (Å²) in [5.41, 5.74) is -0.470. The van der Waals surface area contributed by atoms with E-state index in [1.165, 1.54) is 9.75 Å². The van der Waals surface area contributed by atoms with Gasteiger partial charge in [0.2, 0.25) is 0 Å². The SMILES string of the molecule is CN=C(NCC(c1ccc(C)s1)N1CCOCC1)NC1CN(C(=O)OC(C)(C)C)C1. The van der Waals surface area contributed by atoms with Crippen molar-refractivity contribution in [3.8, 4) is 0 Å². The number of rotatable bonds is 5. The van der Waals surface area contributed by atoms with Gasteiger partial charge in [-0.2, -0.15) is 0 Å². The molecule has 0 aromatic carbocycles. The first kappa shape index (κ1) is 22.8. The summed E-state index contributed by atoms with van der Waals surface area (Å²) in [4.78, 5) is 23.3. The molecule has 0 spiro atoms. The number of hydrogen-bond acceptors (Lipinski definition) is 6. The molecule has 30 heavy (non-hydrogen) atoms. The largest absolute Gasteiger partial charge is 0.444 e. The summed E-state index contributed by atoms with van der Waals surface area (Å²) in [5.74, 6) is 0.760. The van der Waals surface area contributed by atoms with Gasteiger partial charge in [-0.05, 0) is 39.8 Å². The molecule has 2 fully saturated rings.